The Kier molecular flexibility index (Phi) is 5.97. The summed E-state index contributed by atoms with van der Waals surface area (Å²) in [5.41, 5.74) is 0. The van der Waals surface area contributed by atoms with Crippen LogP contribution in [0.15, 0.2) is 0 Å². The van der Waals surface area contributed by atoms with Crippen molar-refractivity contribution in [2.75, 3.05) is 19.8 Å². The van der Waals surface area contributed by atoms with E-state index in [2.05, 4.69) is 0 Å². The van der Waals surface area contributed by atoms with E-state index in [1.165, 1.54) is 0 Å². The summed E-state index contributed by atoms with van der Waals surface area (Å²) in [6, 6.07) is 0. The lowest BCUT2D eigenvalue weighted by Gasteiger charge is -2.26. The van der Waals surface area contributed by atoms with Crippen molar-refractivity contribution in [1.29, 1.82) is 0 Å². The third-order valence-corrected chi connectivity index (χ3v) is 2.96. The summed E-state index contributed by atoms with van der Waals surface area (Å²) >= 11 is 0. The highest BCUT2D eigenvalue weighted by atomic mass is 16.5. The molecule has 0 aromatic rings. The van der Waals surface area contributed by atoms with Crippen LogP contribution >= 0.6 is 0 Å². The fraction of sp³-hybridized carbons (Fsp3) is 0.833. The van der Waals surface area contributed by atoms with E-state index in [0.717, 1.165) is 19.3 Å². The first kappa shape index (κ1) is 14.0. The van der Waals surface area contributed by atoms with E-state index in [-0.39, 0.29) is 37.0 Å². The van der Waals surface area contributed by atoms with Gasteiger partial charge in [-0.15, -0.1) is 0 Å². The minimum atomic E-state index is -0.312. The van der Waals surface area contributed by atoms with Crippen LogP contribution in [0.3, 0.4) is 0 Å². The van der Waals surface area contributed by atoms with Crippen molar-refractivity contribution in [2.45, 2.75) is 32.6 Å². The average Bonchev–Trinajstić information content (AvgIpc) is 2.36. The molecule has 2 unspecified atom stereocenters. The third-order valence-electron chi connectivity index (χ3n) is 2.96. The van der Waals surface area contributed by atoms with Crippen molar-refractivity contribution in [3.8, 4) is 0 Å². The maximum Gasteiger partial charge on any atom is 0.309 e. The molecule has 0 heterocycles. The van der Waals surface area contributed by atoms with Gasteiger partial charge in [0.25, 0.3) is 0 Å². The number of ether oxygens (including phenoxy) is 2. The highest BCUT2D eigenvalue weighted by Gasteiger charge is 2.32. The van der Waals surface area contributed by atoms with E-state index in [9.17, 15) is 9.59 Å². The van der Waals surface area contributed by atoms with Crippen molar-refractivity contribution < 1.29 is 24.2 Å². The van der Waals surface area contributed by atoms with Gasteiger partial charge in [0.05, 0.1) is 25.0 Å². The minimum Gasteiger partial charge on any atom is -0.466 e. The number of esters is 2. The highest BCUT2D eigenvalue weighted by molar-refractivity contribution is 5.76. The van der Waals surface area contributed by atoms with Crippen molar-refractivity contribution in [1.82, 2.24) is 0 Å². The van der Waals surface area contributed by atoms with E-state index in [1.54, 1.807) is 6.92 Å². The monoisotopic (exact) mass is 244 g/mol. The normalized spacial score (nSPS) is 24.1. The first-order chi connectivity index (χ1) is 8.19. The summed E-state index contributed by atoms with van der Waals surface area (Å²) < 4.78 is 9.84. The summed E-state index contributed by atoms with van der Waals surface area (Å²) in [7, 11) is 0. The van der Waals surface area contributed by atoms with E-state index in [4.69, 9.17) is 14.6 Å². The molecule has 0 radical (unpaired) electrons. The quantitative estimate of drug-likeness (QED) is 0.727. The van der Waals surface area contributed by atoms with E-state index in [1.807, 2.05) is 0 Å². The van der Waals surface area contributed by atoms with Crippen LogP contribution in [0.5, 0.6) is 0 Å². The lowest BCUT2D eigenvalue weighted by molar-refractivity contribution is -0.155. The SMILES string of the molecule is CCOC(=O)C1CCCC(C(=O)OCCO)C1. The van der Waals surface area contributed by atoms with Gasteiger partial charge in [0.1, 0.15) is 6.61 Å². The Balaban J connectivity index is 2.42. The molecule has 5 nitrogen and oxygen atoms in total. The van der Waals surface area contributed by atoms with Gasteiger partial charge in [-0.1, -0.05) is 6.42 Å². The molecule has 5 heteroatoms. The van der Waals surface area contributed by atoms with Gasteiger partial charge < -0.3 is 14.6 Å². The topological polar surface area (TPSA) is 72.8 Å². The number of aliphatic hydroxyl groups is 1. The number of carbonyl (C=O) groups excluding carboxylic acids is 2. The van der Waals surface area contributed by atoms with Crippen LogP contribution in [0.1, 0.15) is 32.6 Å². The molecule has 0 saturated heterocycles. The zero-order chi connectivity index (χ0) is 12.7. The molecule has 1 aliphatic carbocycles. The Labute approximate surface area is 101 Å². The van der Waals surface area contributed by atoms with E-state index in [0.29, 0.717) is 13.0 Å². The summed E-state index contributed by atoms with van der Waals surface area (Å²) in [6.45, 7) is 2.00. The maximum absolute atomic E-state index is 11.6. The average molecular weight is 244 g/mol. The summed E-state index contributed by atoms with van der Waals surface area (Å²) in [5.74, 6) is -0.944. The second-order valence-electron chi connectivity index (χ2n) is 4.20. The van der Waals surface area contributed by atoms with Crippen LogP contribution in [0.4, 0.5) is 0 Å². The standard InChI is InChI=1S/C12H20O5/c1-2-16-11(14)9-4-3-5-10(8-9)12(15)17-7-6-13/h9-10,13H,2-8H2,1H3. The predicted octanol–water partition coefficient (Wildman–Crippen LogP) is 0.891. The number of hydrogen-bond acceptors (Lipinski definition) is 5. The van der Waals surface area contributed by atoms with Crippen molar-refractivity contribution in [2.24, 2.45) is 11.8 Å². The molecule has 0 spiro atoms. The molecule has 17 heavy (non-hydrogen) atoms. The zero-order valence-corrected chi connectivity index (χ0v) is 10.2. The van der Waals surface area contributed by atoms with Crippen molar-refractivity contribution >= 4 is 11.9 Å². The fourth-order valence-corrected chi connectivity index (χ4v) is 2.14. The van der Waals surface area contributed by atoms with Gasteiger partial charge in [-0.2, -0.15) is 0 Å². The Morgan fingerprint density at radius 1 is 1.18 bits per heavy atom. The molecule has 0 aromatic carbocycles. The van der Waals surface area contributed by atoms with Crippen LogP contribution in [0.25, 0.3) is 0 Å². The number of carbonyl (C=O) groups is 2. The summed E-state index contributed by atoms with van der Waals surface area (Å²) in [4.78, 5) is 23.2. The predicted molar refractivity (Wildman–Crippen MR) is 60.1 cm³/mol. The lowest BCUT2D eigenvalue weighted by atomic mass is 9.81. The van der Waals surface area contributed by atoms with Crippen LogP contribution in [-0.4, -0.2) is 36.9 Å². The van der Waals surface area contributed by atoms with Crippen LogP contribution in [0.2, 0.25) is 0 Å². The fourth-order valence-electron chi connectivity index (χ4n) is 2.14. The minimum absolute atomic E-state index is 0.0272. The van der Waals surface area contributed by atoms with Gasteiger partial charge in [-0.05, 0) is 26.2 Å². The first-order valence-electron chi connectivity index (χ1n) is 6.13. The second kappa shape index (κ2) is 7.27. The van der Waals surface area contributed by atoms with Crippen molar-refractivity contribution in [3.05, 3.63) is 0 Å². The molecular formula is C12H20O5. The molecular weight excluding hydrogens is 224 g/mol. The molecule has 1 rings (SSSR count). The Morgan fingerprint density at radius 3 is 2.29 bits per heavy atom. The lowest BCUT2D eigenvalue weighted by Crippen LogP contribution is -2.30. The van der Waals surface area contributed by atoms with E-state index < -0.39 is 0 Å². The van der Waals surface area contributed by atoms with Gasteiger partial charge in [0, 0.05) is 0 Å². The van der Waals surface area contributed by atoms with Gasteiger partial charge in [0.15, 0.2) is 0 Å². The molecule has 0 aliphatic heterocycles. The molecule has 0 amide bonds. The van der Waals surface area contributed by atoms with Gasteiger partial charge >= 0.3 is 11.9 Å². The Morgan fingerprint density at radius 2 is 1.76 bits per heavy atom. The van der Waals surface area contributed by atoms with Gasteiger partial charge in [0.2, 0.25) is 0 Å². The Hall–Kier alpha value is -1.10. The molecule has 0 bridgehead atoms. The molecule has 0 aromatic heterocycles. The van der Waals surface area contributed by atoms with Crippen LogP contribution in [0, 0.1) is 11.8 Å². The largest absolute Gasteiger partial charge is 0.466 e. The first-order valence-corrected chi connectivity index (χ1v) is 6.13. The molecule has 98 valence electrons. The van der Waals surface area contributed by atoms with Crippen molar-refractivity contribution in [3.63, 3.8) is 0 Å². The summed E-state index contributed by atoms with van der Waals surface area (Å²) in [6.07, 6.45) is 2.87. The molecule has 1 saturated carbocycles. The van der Waals surface area contributed by atoms with Crippen LogP contribution < -0.4 is 0 Å². The molecule has 1 N–H and O–H groups in total. The highest BCUT2D eigenvalue weighted by Crippen LogP contribution is 2.30. The van der Waals surface area contributed by atoms with Gasteiger partial charge in [-0.3, -0.25) is 9.59 Å². The Bertz CT molecular complexity index is 264. The second-order valence-corrected chi connectivity index (χ2v) is 4.20. The van der Waals surface area contributed by atoms with Crippen LogP contribution in [-0.2, 0) is 19.1 Å². The van der Waals surface area contributed by atoms with E-state index >= 15 is 0 Å². The van der Waals surface area contributed by atoms with Gasteiger partial charge in [-0.25, -0.2) is 0 Å². The summed E-state index contributed by atoms with van der Waals surface area (Å²) in [5, 5.41) is 8.57. The third kappa shape index (κ3) is 4.34. The number of hydrogen-bond donors (Lipinski definition) is 1. The zero-order valence-electron chi connectivity index (χ0n) is 10.2. The molecule has 1 fully saturated rings. The molecule has 2 atom stereocenters. The number of rotatable bonds is 5. The number of aliphatic hydroxyl groups excluding tert-OH is 1. The maximum atomic E-state index is 11.6. The molecule has 1 aliphatic rings. The smallest absolute Gasteiger partial charge is 0.309 e.